The third-order valence-electron chi connectivity index (χ3n) is 5.12. The van der Waals surface area contributed by atoms with Gasteiger partial charge in [-0.1, -0.05) is 36.4 Å². The Labute approximate surface area is 169 Å². The molecule has 29 heavy (non-hydrogen) atoms. The van der Waals surface area contributed by atoms with Crippen molar-refractivity contribution in [3.8, 4) is 11.4 Å². The van der Waals surface area contributed by atoms with E-state index in [0.29, 0.717) is 12.1 Å². The minimum Gasteiger partial charge on any atom is -0.348 e. The van der Waals surface area contributed by atoms with Gasteiger partial charge in [-0.3, -0.25) is 4.79 Å². The Morgan fingerprint density at radius 2 is 1.45 bits per heavy atom. The minimum absolute atomic E-state index is 0.143. The van der Waals surface area contributed by atoms with Crippen molar-refractivity contribution in [2.24, 2.45) is 0 Å². The van der Waals surface area contributed by atoms with Crippen molar-refractivity contribution in [2.45, 2.75) is 27.3 Å². The number of hydrogen-bond acceptors (Lipinski definition) is 3. The number of benzene rings is 2. The molecule has 0 saturated heterocycles. The fraction of sp³-hybridized carbons (Fsp3) is 0.174. The number of hydrogen-bond donors (Lipinski definition) is 1. The monoisotopic (exact) mass is 385 g/mol. The zero-order valence-corrected chi connectivity index (χ0v) is 16.8. The Morgan fingerprint density at radius 1 is 0.862 bits per heavy atom. The molecule has 1 N–H and O–H groups in total. The zero-order chi connectivity index (χ0) is 20.4. The molecule has 2 heterocycles. The van der Waals surface area contributed by atoms with E-state index < -0.39 is 0 Å². The maximum atomic E-state index is 12.8. The fourth-order valence-corrected chi connectivity index (χ4v) is 3.48. The van der Waals surface area contributed by atoms with Gasteiger partial charge in [-0.2, -0.15) is 10.2 Å². The van der Waals surface area contributed by atoms with Crippen molar-refractivity contribution in [1.82, 2.24) is 24.9 Å². The van der Waals surface area contributed by atoms with E-state index in [1.54, 1.807) is 10.9 Å². The number of aromatic nitrogens is 4. The van der Waals surface area contributed by atoms with Gasteiger partial charge in [0.2, 0.25) is 0 Å². The number of rotatable bonds is 5. The van der Waals surface area contributed by atoms with E-state index >= 15 is 0 Å². The van der Waals surface area contributed by atoms with E-state index in [-0.39, 0.29) is 5.91 Å². The summed E-state index contributed by atoms with van der Waals surface area (Å²) in [5.74, 6) is -0.143. The number of nitrogens with one attached hydrogen (secondary N) is 1. The van der Waals surface area contributed by atoms with Gasteiger partial charge in [0.25, 0.3) is 5.91 Å². The molecule has 0 bridgehead atoms. The predicted octanol–water partition coefficient (Wildman–Crippen LogP) is 3.91. The van der Waals surface area contributed by atoms with E-state index in [2.05, 4.69) is 15.5 Å². The molecule has 0 saturated carbocycles. The standard InChI is InChI=1S/C23H23N5O/c1-16-21(17(2)28(26-16)20-12-8-5-9-13-20)14-24-23(29)22-15-25-27(18(22)3)19-10-6-4-7-11-19/h4-13,15H,14H2,1-3H3,(H,24,29). The number of amides is 1. The largest absolute Gasteiger partial charge is 0.348 e. The summed E-state index contributed by atoms with van der Waals surface area (Å²) < 4.78 is 3.69. The second-order valence-corrected chi connectivity index (χ2v) is 6.97. The molecule has 0 aliphatic heterocycles. The van der Waals surface area contributed by atoms with Crippen LogP contribution in [0, 0.1) is 20.8 Å². The molecular weight excluding hydrogens is 362 g/mol. The molecule has 0 unspecified atom stereocenters. The Kier molecular flexibility index (Phi) is 4.99. The molecule has 0 aliphatic carbocycles. The smallest absolute Gasteiger partial charge is 0.255 e. The van der Waals surface area contributed by atoms with Gasteiger partial charge >= 0.3 is 0 Å². The summed E-state index contributed by atoms with van der Waals surface area (Å²) in [5.41, 5.74) is 6.26. The predicted molar refractivity (Wildman–Crippen MR) is 113 cm³/mol. The van der Waals surface area contributed by atoms with E-state index in [1.165, 1.54) is 0 Å². The Morgan fingerprint density at radius 3 is 2.07 bits per heavy atom. The van der Waals surface area contributed by atoms with Gasteiger partial charge in [-0.15, -0.1) is 0 Å². The maximum Gasteiger partial charge on any atom is 0.255 e. The van der Waals surface area contributed by atoms with E-state index in [4.69, 9.17) is 0 Å². The van der Waals surface area contributed by atoms with Crippen LogP contribution in [0.1, 0.15) is 33.0 Å². The number of para-hydroxylation sites is 2. The second-order valence-electron chi connectivity index (χ2n) is 6.97. The molecule has 0 radical (unpaired) electrons. The van der Waals surface area contributed by atoms with E-state index in [1.807, 2.05) is 86.1 Å². The highest BCUT2D eigenvalue weighted by Crippen LogP contribution is 2.18. The number of nitrogens with zero attached hydrogens (tertiary/aromatic N) is 4. The fourth-order valence-electron chi connectivity index (χ4n) is 3.48. The molecule has 4 aromatic rings. The Hall–Kier alpha value is -3.67. The third-order valence-corrected chi connectivity index (χ3v) is 5.12. The summed E-state index contributed by atoms with van der Waals surface area (Å²) in [6, 6.07) is 19.8. The van der Waals surface area contributed by atoms with Gasteiger partial charge in [-0.05, 0) is 45.0 Å². The molecule has 2 aromatic heterocycles. The highest BCUT2D eigenvalue weighted by molar-refractivity contribution is 5.95. The topological polar surface area (TPSA) is 64.7 Å². The molecule has 0 spiro atoms. The highest BCUT2D eigenvalue weighted by atomic mass is 16.1. The molecule has 6 heteroatoms. The lowest BCUT2D eigenvalue weighted by Gasteiger charge is -2.08. The Bertz CT molecular complexity index is 1140. The first-order chi connectivity index (χ1) is 14.1. The molecule has 0 fully saturated rings. The first-order valence-corrected chi connectivity index (χ1v) is 9.55. The lowest BCUT2D eigenvalue weighted by Crippen LogP contribution is -2.24. The molecule has 4 rings (SSSR count). The van der Waals surface area contributed by atoms with Crippen molar-refractivity contribution >= 4 is 5.91 Å². The number of aryl methyl sites for hydroxylation is 1. The van der Waals surface area contributed by atoms with Crippen LogP contribution in [0.4, 0.5) is 0 Å². The summed E-state index contributed by atoms with van der Waals surface area (Å²) >= 11 is 0. The average Bonchev–Trinajstić information content (AvgIpc) is 3.27. The number of carbonyl (C=O) groups is 1. The molecule has 1 amide bonds. The lowest BCUT2D eigenvalue weighted by atomic mass is 10.2. The van der Waals surface area contributed by atoms with Crippen molar-refractivity contribution < 1.29 is 4.79 Å². The Balaban J connectivity index is 1.53. The molecule has 146 valence electrons. The van der Waals surface area contributed by atoms with Crippen LogP contribution in [-0.4, -0.2) is 25.5 Å². The van der Waals surface area contributed by atoms with Gasteiger partial charge in [0.1, 0.15) is 0 Å². The van der Waals surface area contributed by atoms with Crippen LogP contribution in [0.25, 0.3) is 11.4 Å². The molecule has 6 nitrogen and oxygen atoms in total. The van der Waals surface area contributed by atoms with Gasteiger partial charge in [-0.25, -0.2) is 9.36 Å². The normalized spacial score (nSPS) is 10.9. The summed E-state index contributed by atoms with van der Waals surface area (Å²) in [7, 11) is 0. The quantitative estimate of drug-likeness (QED) is 0.566. The second kappa shape index (κ2) is 7.75. The summed E-state index contributed by atoms with van der Waals surface area (Å²) in [4.78, 5) is 12.8. The van der Waals surface area contributed by atoms with E-state index in [0.717, 1.165) is 34.0 Å². The highest BCUT2D eigenvalue weighted by Gasteiger charge is 2.17. The van der Waals surface area contributed by atoms with Crippen molar-refractivity contribution in [3.63, 3.8) is 0 Å². The van der Waals surface area contributed by atoms with Gasteiger partial charge < -0.3 is 5.32 Å². The van der Waals surface area contributed by atoms with Crippen LogP contribution in [0.15, 0.2) is 66.9 Å². The van der Waals surface area contributed by atoms with Crippen LogP contribution < -0.4 is 5.32 Å². The van der Waals surface area contributed by atoms with Crippen LogP contribution in [0.3, 0.4) is 0 Å². The molecule has 2 aromatic carbocycles. The van der Waals surface area contributed by atoms with Gasteiger partial charge in [0, 0.05) is 17.8 Å². The molecule has 0 aliphatic rings. The van der Waals surface area contributed by atoms with Crippen molar-refractivity contribution in [3.05, 3.63) is 95.1 Å². The first-order valence-electron chi connectivity index (χ1n) is 9.55. The van der Waals surface area contributed by atoms with Crippen LogP contribution in [0.2, 0.25) is 0 Å². The SMILES string of the molecule is Cc1nn(-c2ccccc2)c(C)c1CNC(=O)c1cnn(-c2ccccc2)c1C. The van der Waals surface area contributed by atoms with Gasteiger partial charge in [0.05, 0.1) is 34.5 Å². The average molecular weight is 385 g/mol. The van der Waals surface area contributed by atoms with E-state index in [9.17, 15) is 4.79 Å². The van der Waals surface area contributed by atoms with Crippen LogP contribution in [-0.2, 0) is 6.54 Å². The number of carbonyl (C=O) groups excluding carboxylic acids is 1. The summed E-state index contributed by atoms with van der Waals surface area (Å²) in [6.45, 7) is 6.30. The van der Waals surface area contributed by atoms with Crippen molar-refractivity contribution in [1.29, 1.82) is 0 Å². The lowest BCUT2D eigenvalue weighted by molar-refractivity contribution is 0.0950. The molecule has 0 atom stereocenters. The first kappa shape index (κ1) is 18.7. The third kappa shape index (κ3) is 3.57. The summed E-state index contributed by atoms with van der Waals surface area (Å²) in [5, 5.41) is 12.0. The minimum atomic E-state index is -0.143. The van der Waals surface area contributed by atoms with Crippen molar-refractivity contribution in [2.75, 3.05) is 0 Å². The zero-order valence-electron chi connectivity index (χ0n) is 16.8. The van der Waals surface area contributed by atoms with Crippen LogP contribution in [0.5, 0.6) is 0 Å². The summed E-state index contributed by atoms with van der Waals surface area (Å²) in [6.07, 6.45) is 1.62. The van der Waals surface area contributed by atoms with Gasteiger partial charge in [0.15, 0.2) is 0 Å². The van der Waals surface area contributed by atoms with Crippen LogP contribution >= 0.6 is 0 Å². The maximum absolute atomic E-state index is 12.8. The molecular formula is C23H23N5O.